The molecule has 0 aromatic carbocycles. The quantitative estimate of drug-likeness (QED) is 0.675. The highest BCUT2D eigenvalue weighted by Crippen LogP contribution is 2.44. The first-order valence-electron chi connectivity index (χ1n) is 4.90. The van der Waals surface area contributed by atoms with Crippen LogP contribution in [0.2, 0.25) is 0 Å². The third-order valence-electron chi connectivity index (χ3n) is 3.14. The lowest BCUT2D eigenvalue weighted by atomic mass is 9.74. The minimum atomic E-state index is 0.353. The molecule has 1 heterocycles. The van der Waals surface area contributed by atoms with Gasteiger partial charge in [0.05, 0.1) is 5.00 Å². The lowest BCUT2D eigenvalue weighted by molar-refractivity contribution is 0.434. The Kier molecular flexibility index (Phi) is 1.91. The van der Waals surface area contributed by atoms with E-state index < -0.39 is 0 Å². The van der Waals surface area contributed by atoms with Crippen LogP contribution >= 0.6 is 11.3 Å². The molecule has 0 aliphatic heterocycles. The zero-order valence-corrected chi connectivity index (χ0v) is 9.42. The summed E-state index contributed by atoms with van der Waals surface area (Å²) in [4.78, 5) is 1.53. The van der Waals surface area contributed by atoms with Crippen LogP contribution in [0.15, 0.2) is 0 Å². The molecule has 0 unspecified atom stereocenters. The first-order chi connectivity index (χ1) is 6.02. The Morgan fingerprint density at radius 2 is 2.08 bits per heavy atom. The van der Waals surface area contributed by atoms with E-state index in [0.717, 1.165) is 5.00 Å². The highest BCUT2D eigenvalue weighted by molar-refractivity contribution is 7.16. The van der Waals surface area contributed by atoms with Crippen molar-refractivity contribution in [3.63, 3.8) is 0 Å². The van der Waals surface area contributed by atoms with Gasteiger partial charge in [0, 0.05) is 4.88 Å². The van der Waals surface area contributed by atoms with E-state index in [1.807, 2.05) is 0 Å². The van der Waals surface area contributed by atoms with Crippen LogP contribution in [0, 0.1) is 6.92 Å². The summed E-state index contributed by atoms with van der Waals surface area (Å²) in [5.41, 5.74) is 9.19. The van der Waals surface area contributed by atoms with Gasteiger partial charge < -0.3 is 5.73 Å². The normalized spacial score (nSPS) is 19.9. The van der Waals surface area contributed by atoms with Crippen molar-refractivity contribution in [1.82, 2.24) is 0 Å². The predicted octanol–water partition coefficient (Wildman–Crippen LogP) is 3.25. The van der Waals surface area contributed by atoms with Crippen molar-refractivity contribution in [2.75, 3.05) is 5.73 Å². The standard InChI is InChI=1S/C11H17NS/c1-7-9-8(13-10(7)12)5-4-6-11(9,2)3/h4-6,12H2,1-3H3. The van der Waals surface area contributed by atoms with Gasteiger partial charge in [-0.3, -0.25) is 0 Å². The fraction of sp³-hybridized carbons (Fsp3) is 0.636. The highest BCUT2D eigenvalue weighted by Gasteiger charge is 2.31. The molecule has 0 fully saturated rings. The van der Waals surface area contributed by atoms with Crippen LogP contribution in [0.3, 0.4) is 0 Å². The van der Waals surface area contributed by atoms with Crippen molar-refractivity contribution >= 4 is 16.3 Å². The molecule has 0 amide bonds. The number of fused-ring (bicyclic) bond motifs is 1. The van der Waals surface area contributed by atoms with E-state index in [2.05, 4.69) is 20.8 Å². The lowest BCUT2D eigenvalue weighted by Crippen LogP contribution is -2.23. The van der Waals surface area contributed by atoms with E-state index in [0.29, 0.717) is 5.41 Å². The molecule has 0 saturated carbocycles. The van der Waals surface area contributed by atoms with Gasteiger partial charge in [0.15, 0.2) is 0 Å². The predicted molar refractivity (Wildman–Crippen MR) is 59.4 cm³/mol. The van der Waals surface area contributed by atoms with Gasteiger partial charge in [0.1, 0.15) is 0 Å². The monoisotopic (exact) mass is 195 g/mol. The number of anilines is 1. The molecule has 0 bridgehead atoms. The van der Waals surface area contributed by atoms with Crippen molar-refractivity contribution in [1.29, 1.82) is 0 Å². The number of hydrogen-bond acceptors (Lipinski definition) is 2. The van der Waals surface area contributed by atoms with Gasteiger partial charge in [-0.05, 0) is 42.7 Å². The van der Waals surface area contributed by atoms with E-state index >= 15 is 0 Å². The van der Waals surface area contributed by atoms with Crippen LogP contribution in [0.4, 0.5) is 5.00 Å². The average molecular weight is 195 g/mol. The zero-order valence-electron chi connectivity index (χ0n) is 8.61. The lowest BCUT2D eigenvalue weighted by Gasteiger charge is -2.30. The maximum atomic E-state index is 5.96. The Morgan fingerprint density at radius 3 is 2.69 bits per heavy atom. The van der Waals surface area contributed by atoms with Crippen LogP contribution in [0.1, 0.15) is 42.7 Å². The number of nitrogen functional groups attached to an aromatic ring is 1. The average Bonchev–Trinajstić information content (AvgIpc) is 2.28. The summed E-state index contributed by atoms with van der Waals surface area (Å²) in [6, 6.07) is 0. The van der Waals surface area contributed by atoms with Gasteiger partial charge in [-0.1, -0.05) is 13.8 Å². The van der Waals surface area contributed by atoms with Crippen LogP contribution in [0.5, 0.6) is 0 Å². The summed E-state index contributed by atoms with van der Waals surface area (Å²) >= 11 is 1.80. The van der Waals surface area contributed by atoms with Gasteiger partial charge in [-0.2, -0.15) is 0 Å². The zero-order chi connectivity index (χ0) is 9.64. The fourth-order valence-corrected chi connectivity index (χ4v) is 3.77. The number of nitrogens with two attached hydrogens (primary N) is 1. The molecular weight excluding hydrogens is 178 g/mol. The summed E-state index contributed by atoms with van der Waals surface area (Å²) in [7, 11) is 0. The Balaban J connectivity index is 2.61. The Labute approximate surface area is 84.0 Å². The molecule has 1 aliphatic carbocycles. The molecule has 1 aromatic heterocycles. The molecule has 2 heteroatoms. The first kappa shape index (κ1) is 9.07. The number of thiophene rings is 1. The molecule has 1 nitrogen and oxygen atoms in total. The summed E-state index contributed by atoms with van der Waals surface area (Å²) in [5.74, 6) is 0. The van der Waals surface area contributed by atoms with E-state index in [9.17, 15) is 0 Å². The molecule has 0 atom stereocenters. The van der Waals surface area contributed by atoms with E-state index in [1.165, 1.54) is 29.7 Å². The molecule has 2 N–H and O–H groups in total. The van der Waals surface area contributed by atoms with Crippen molar-refractivity contribution in [2.24, 2.45) is 0 Å². The summed E-state index contributed by atoms with van der Waals surface area (Å²) in [6.07, 6.45) is 3.86. The molecule has 1 aromatic rings. The summed E-state index contributed by atoms with van der Waals surface area (Å²) < 4.78 is 0. The molecule has 13 heavy (non-hydrogen) atoms. The number of rotatable bonds is 0. The van der Waals surface area contributed by atoms with E-state index in [-0.39, 0.29) is 0 Å². The summed E-state index contributed by atoms with van der Waals surface area (Å²) in [6.45, 7) is 6.84. The van der Waals surface area contributed by atoms with Crippen molar-refractivity contribution in [2.45, 2.75) is 45.4 Å². The highest BCUT2D eigenvalue weighted by atomic mass is 32.1. The topological polar surface area (TPSA) is 26.0 Å². The molecular formula is C11H17NS. The smallest absolute Gasteiger partial charge is 0.0891 e. The van der Waals surface area contributed by atoms with Crippen molar-refractivity contribution < 1.29 is 0 Å². The second-order valence-electron chi connectivity index (χ2n) is 4.63. The minimum Gasteiger partial charge on any atom is -0.390 e. The number of aryl methyl sites for hydroxylation is 1. The molecule has 0 radical (unpaired) electrons. The van der Waals surface area contributed by atoms with Crippen LogP contribution < -0.4 is 5.73 Å². The second-order valence-corrected chi connectivity index (χ2v) is 5.76. The van der Waals surface area contributed by atoms with Crippen molar-refractivity contribution in [3.05, 3.63) is 16.0 Å². The molecule has 1 aliphatic rings. The minimum absolute atomic E-state index is 0.353. The van der Waals surface area contributed by atoms with Crippen LogP contribution in [0.25, 0.3) is 0 Å². The van der Waals surface area contributed by atoms with Gasteiger partial charge >= 0.3 is 0 Å². The Morgan fingerprint density at radius 1 is 1.38 bits per heavy atom. The molecule has 72 valence electrons. The SMILES string of the molecule is Cc1c(N)sc2c1C(C)(C)CCC2. The van der Waals surface area contributed by atoms with Gasteiger partial charge in [0.25, 0.3) is 0 Å². The Bertz CT molecular complexity index is 336. The third kappa shape index (κ3) is 1.28. The van der Waals surface area contributed by atoms with E-state index in [4.69, 9.17) is 5.73 Å². The first-order valence-corrected chi connectivity index (χ1v) is 5.72. The largest absolute Gasteiger partial charge is 0.390 e. The molecule has 0 spiro atoms. The van der Waals surface area contributed by atoms with E-state index in [1.54, 1.807) is 16.9 Å². The van der Waals surface area contributed by atoms with Gasteiger partial charge in [0.2, 0.25) is 0 Å². The molecule has 2 rings (SSSR count). The Hall–Kier alpha value is -0.500. The maximum absolute atomic E-state index is 5.96. The van der Waals surface area contributed by atoms with Gasteiger partial charge in [-0.15, -0.1) is 11.3 Å². The van der Waals surface area contributed by atoms with Crippen molar-refractivity contribution in [3.8, 4) is 0 Å². The van der Waals surface area contributed by atoms with Crippen LogP contribution in [-0.4, -0.2) is 0 Å². The fourth-order valence-electron chi connectivity index (χ4n) is 2.47. The number of hydrogen-bond donors (Lipinski definition) is 1. The van der Waals surface area contributed by atoms with Gasteiger partial charge in [-0.25, -0.2) is 0 Å². The second kappa shape index (κ2) is 2.74. The maximum Gasteiger partial charge on any atom is 0.0891 e. The third-order valence-corrected chi connectivity index (χ3v) is 4.32. The van der Waals surface area contributed by atoms with Crippen LogP contribution in [-0.2, 0) is 11.8 Å². The summed E-state index contributed by atoms with van der Waals surface area (Å²) in [5, 5.41) is 1.03. The molecule has 0 saturated heterocycles.